The maximum absolute atomic E-state index is 11.0. The molecule has 3 N–H and O–H groups in total. The van der Waals surface area contributed by atoms with Crippen molar-refractivity contribution in [1.29, 1.82) is 10.5 Å². The van der Waals surface area contributed by atoms with E-state index >= 15 is 0 Å². The Balaban J connectivity index is 2.49. The highest BCUT2D eigenvalue weighted by atomic mass is 32.2. The molecule has 0 radical (unpaired) electrons. The third-order valence-electron chi connectivity index (χ3n) is 3.69. The van der Waals surface area contributed by atoms with E-state index < -0.39 is 6.03 Å². The number of imidazole rings is 1. The lowest BCUT2D eigenvalue weighted by molar-refractivity contribution is 0.248. The summed E-state index contributed by atoms with van der Waals surface area (Å²) >= 11 is 1.46. The number of hydrogen-bond donors (Lipinski definition) is 2. The monoisotopic (exact) mass is 368 g/mol. The Morgan fingerprint density at radius 2 is 1.92 bits per heavy atom. The number of nitriles is 2. The molecule has 0 aliphatic carbocycles. The van der Waals surface area contributed by atoms with Crippen LogP contribution in [0.2, 0.25) is 0 Å². The first-order chi connectivity index (χ1) is 12.4. The molecule has 0 fully saturated rings. The fourth-order valence-corrected chi connectivity index (χ4v) is 3.84. The Morgan fingerprint density at radius 1 is 1.31 bits per heavy atom. The molecule has 0 aliphatic heterocycles. The topological polar surface area (TPSA) is 121 Å². The number of hydrogen-bond acceptors (Lipinski definition) is 5. The number of amides is 2. The van der Waals surface area contributed by atoms with E-state index in [9.17, 15) is 15.3 Å². The van der Waals surface area contributed by atoms with Gasteiger partial charge in [0.25, 0.3) is 0 Å². The van der Waals surface area contributed by atoms with Crippen molar-refractivity contribution in [2.24, 2.45) is 5.73 Å². The standard InChI is InChI=1S/C18H20N6OS/c1-4-24-15(10-22-18(21)25)23-16(11(2)3)17(24)26-14-6-12(8-19)5-13(7-14)9-20/h5-7,11H,4,10H2,1-3H3,(H3,21,22,25). The highest BCUT2D eigenvalue weighted by molar-refractivity contribution is 7.99. The van der Waals surface area contributed by atoms with Crippen LogP contribution < -0.4 is 11.1 Å². The molecular weight excluding hydrogens is 348 g/mol. The number of aromatic nitrogens is 2. The Hall–Kier alpha value is -2.97. The van der Waals surface area contributed by atoms with E-state index in [0.29, 0.717) is 17.7 Å². The quantitative estimate of drug-likeness (QED) is 0.811. The normalized spacial score (nSPS) is 10.4. The molecule has 0 saturated carbocycles. The predicted octanol–water partition coefficient (Wildman–Crippen LogP) is 3.09. The van der Waals surface area contributed by atoms with E-state index in [2.05, 4.69) is 22.4 Å². The summed E-state index contributed by atoms with van der Waals surface area (Å²) in [6.07, 6.45) is 0. The van der Waals surface area contributed by atoms with Gasteiger partial charge in [-0.05, 0) is 31.0 Å². The first kappa shape index (κ1) is 19.4. The van der Waals surface area contributed by atoms with Crippen LogP contribution in [0.15, 0.2) is 28.1 Å². The van der Waals surface area contributed by atoms with Crippen molar-refractivity contribution >= 4 is 17.8 Å². The minimum absolute atomic E-state index is 0.173. The molecule has 2 aromatic rings. The van der Waals surface area contributed by atoms with Crippen LogP contribution in [0.25, 0.3) is 0 Å². The van der Waals surface area contributed by atoms with E-state index in [-0.39, 0.29) is 12.5 Å². The molecule has 0 unspecified atom stereocenters. The van der Waals surface area contributed by atoms with Crippen LogP contribution in [-0.2, 0) is 13.1 Å². The van der Waals surface area contributed by atoms with Gasteiger partial charge >= 0.3 is 6.03 Å². The fourth-order valence-electron chi connectivity index (χ4n) is 2.51. The van der Waals surface area contributed by atoms with Crippen LogP contribution in [0.5, 0.6) is 0 Å². The van der Waals surface area contributed by atoms with E-state index in [1.54, 1.807) is 18.2 Å². The van der Waals surface area contributed by atoms with E-state index in [1.807, 2.05) is 25.3 Å². The van der Waals surface area contributed by atoms with E-state index in [4.69, 9.17) is 5.73 Å². The van der Waals surface area contributed by atoms with E-state index in [1.165, 1.54) is 11.8 Å². The van der Waals surface area contributed by atoms with Crippen molar-refractivity contribution in [3.63, 3.8) is 0 Å². The SMILES string of the molecule is CCn1c(CNC(N)=O)nc(C(C)C)c1Sc1cc(C#N)cc(C#N)c1. The summed E-state index contributed by atoms with van der Waals surface area (Å²) in [5.74, 6) is 0.890. The van der Waals surface area contributed by atoms with Gasteiger partial charge < -0.3 is 15.6 Å². The molecule has 0 saturated heterocycles. The zero-order valence-corrected chi connectivity index (χ0v) is 15.7. The van der Waals surface area contributed by atoms with Gasteiger partial charge in [0, 0.05) is 11.4 Å². The summed E-state index contributed by atoms with van der Waals surface area (Å²) in [6, 6.07) is 8.64. The first-order valence-electron chi connectivity index (χ1n) is 8.15. The van der Waals surface area contributed by atoms with Gasteiger partial charge in [-0.25, -0.2) is 9.78 Å². The fraction of sp³-hybridized carbons (Fsp3) is 0.333. The first-order valence-corrected chi connectivity index (χ1v) is 8.97. The van der Waals surface area contributed by atoms with Crippen LogP contribution in [0.1, 0.15) is 49.3 Å². The molecule has 1 heterocycles. The average molecular weight is 368 g/mol. The molecule has 1 aromatic carbocycles. The minimum Gasteiger partial charge on any atom is -0.352 e. The molecular formula is C18H20N6OS. The van der Waals surface area contributed by atoms with Gasteiger partial charge in [0.2, 0.25) is 0 Å². The summed E-state index contributed by atoms with van der Waals surface area (Å²) in [7, 11) is 0. The third kappa shape index (κ3) is 4.35. The highest BCUT2D eigenvalue weighted by Gasteiger charge is 2.20. The molecule has 2 rings (SSSR count). The van der Waals surface area contributed by atoms with Crippen LogP contribution in [-0.4, -0.2) is 15.6 Å². The van der Waals surface area contributed by atoms with Crippen molar-refractivity contribution in [2.45, 2.75) is 49.7 Å². The number of primary amides is 1. The minimum atomic E-state index is -0.601. The molecule has 0 atom stereocenters. The second-order valence-electron chi connectivity index (χ2n) is 5.91. The van der Waals surface area contributed by atoms with Crippen molar-refractivity contribution < 1.29 is 4.79 Å². The summed E-state index contributed by atoms with van der Waals surface area (Å²) in [4.78, 5) is 16.5. The van der Waals surface area contributed by atoms with Crippen LogP contribution >= 0.6 is 11.8 Å². The maximum Gasteiger partial charge on any atom is 0.312 e. The van der Waals surface area contributed by atoms with Crippen molar-refractivity contribution in [3.8, 4) is 12.1 Å². The third-order valence-corrected chi connectivity index (χ3v) is 4.78. The Morgan fingerprint density at radius 3 is 2.38 bits per heavy atom. The zero-order valence-electron chi connectivity index (χ0n) is 14.9. The molecule has 1 aromatic heterocycles. The van der Waals surface area contributed by atoms with Gasteiger partial charge in [0.05, 0.1) is 35.5 Å². The molecule has 0 aliphatic rings. The lowest BCUT2D eigenvalue weighted by Gasteiger charge is -2.12. The smallest absolute Gasteiger partial charge is 0.312 e. The van der Waals surface area contributed by atoms with Gasteiger partial charge in [-0.1, -0.05) is 25.6 Å². The number of urea groups is 1. The second-order valence-corrected chi connectivity index (χ2v) is 6.97. The Labute approximate surface area is 156 Å². The number of carbonyl (C=O) groups is 1. The van der Waals surface area contributed by atoms with Gasteiger partial charge in [-0.2, -0.15) is 10.5 Å². The van der Waals surface area contributed by atoms with Crippen molar-refractivity contribution in [2.75, 3.05) is 0 Å². The number of nitrogens with one attached hydrogen (secondary N) is 1. The number of nitrogens with two attached hydrogens (primary N) is 1. The predicted molar refractivity (Wildman–Crippen MR) is 98.4 cm³/mol. The van der Waals surface area contributed by atoms with Crippen LogP contribution in [0.3, 0.4) is 0 Å². The van der Waals surface area contributed by atoms with Crippen LogP contribution in [0.4, 0.5) is 4.79 Å². The summed E-state index contributed by atoms with van der Waals surface area (Å²) in [5.41, 5.74) is 6.95. The Bertz CT molecular complexity index is 871. The summed E-state index contributed by atoms with van der Waals surface area (Å²) in [5, 5.41) is 21.9. The number of benzene rings is 1. The van der Waals surface area contributed by atoms with Gasteiger partial charge in [0.1, 0.15) is 10.9 Å². The van der Waals surface area contributed by atoms with Crippen molar-refractivity contribution in [3.05, 3.63) is 40.8 Å². The lowest BCUT2D eigenvalue weighted by Crippen LogP contribution is -2.29. The van der Waals surface area contributed by atoms with Gasteiger partial charge in [-0.3, -0.25) is 0 Å². The molecule has 7 nitrogen and oxygen atoms in total. The zero-order chi connectivity index (χ0) is 19.3. The second kappa shape index (κ2) is 8.41. The van der Waals surface area contributed by atoms with Gasteiger partial charge in [0.15, 0.2) is 0 Å². The summed E-state index contributed by atoms with van der Waals surface area (Å²) < 4.78 is 2.01. The van der Waals surface area contributed by atoms with Crippen LogP contribution in [0, 0.1) is 22.7 Å². The highest BCUT2D eigenvalue weighted by Crippen LogP contribution is 2.35. The Kier molecular flexibility index (Phi) is 6.26. The molecule has 2 amide bonds. The lowest BCUT2D eigenvalue weighted by atomic mass is 10.1. The summed E-state index contributed by atoms with van der Waals surface area (Å²) in [6.45, 7) is 7.00. The maximum atomic E-state index is 11.0. The average Bonchev–Trinajstić information content (AvgIpc) is 2.97. The van der Waals surface area contributed by atoms with E-state index in [0.717, 1.165) is 21.4 Å². The number of nitrogens with zero attached hydrogens (tertiary/aromatic N) is 4. The van der Waals surface area contributed by atoms with Gasteiger partial charge in [-0.15, -0.1) is 0 Å². The molecule has 134 valence electrons. The largest absolute Gasteiger partial charge is 0.352 e. The molecule has 8 heteroatoms. The molecule has 26 heavy (non-hydrogen) atoms. The van der Waals surface area contributed by atoms with Crippen molar-refractivity contribution in [1.82, 2.24) is 14.9 Å². The number of carbonyl (C=O) groups excluding carboxylic acids is 1. The number of rotatable bonds is 6. The molecule has 0 spiro atoms. The molecule has 0 bridgehead atoms.